The highest BCUT2D eigenvalue weighted by molar-refractivity contribution is 7.79. The van der Waals surface area contributed by atoms with Crippen LogP contribution >= 0.6 is 0 Å². The molecular formula is C8H24N2O6S. The molecule has 9 heteroatoms. The number of quaternary nitrogens is 2. The third-order valence-corrected chi connectivity index (χ3v) is 1.55. The molecule has 0 aliphatic rings. The zero-order valence-corrected chi connectivity index (χ0v) is 12.1. The number of hydroxylamine groups is 6. The van der Waals surface area contributed by atoms with Crippen molar-refractivity contribution in [2.45, 2.75) is 13.8 Å². The molecule has 0 bridgehead atoms. The minimum Gasteiger partial charge on any atom is -0.759 e. The van der Waals surface area contributed by atoms with Crippen LogP contribution in [0.1, 0.15) is 13.8 Å². The van der Waals surface area contributed by atoms with Gasteiger partial charge in [0.1, 0.15) is 13.1 Å². The van der Waals surface area contributed by atoms with Crippen molar-refractivity contribution in [3.63, 3.8) is 0 Å². The summed E-state index contributed by atoms with van der Waals surface area (Å²) in [4.78, 5) is 0. The van der Waals surface area contributed by atoms with E-state index in [1.54, 1.807) is 28.2 Å². The van der Waals surface area contributed by atoms with Gasteiger partial charge >= 0.3 is 0 Å². The summed E-state index contributed by atoms with van der Waals surface area (Å²) < 4.78 is 34.2. The van der Waals surface area contributed by atoms with E-state index in [4.69, 9.17) is 27.9 Å². The van der Waals surface area contributed by atoms with Crippen molar-refractivity contribution >= 4 is 10.4 Å². The Morgan fingerprint density at radius 2 is 0.941 bits per heavy atom. The zero-order chi connectivity index (χ0) is 14.9. The second-order valence-electron chi connectivity index (χ2n) is 4.28. The first-order valence-corrected chi connectivity index (χ1v) is 6.24. The van der Waals surface area contributed by atoms with Crippen LogP contribution in [0.4, 0.5) is 0 Å². The van der Waals surface area contributed by atoms with Gasteiger partial charge in [-0.1, -0.05) is 0 Å². The first-order chi connectivity index (χ1) is 7.12. The van der Waals surface area contributed by atoms with E-state index in [2.05, 4.69) is 0 Å². The minimum absolute atomic E-state index is 0.0694. The van der Waals surface area contributed by atoms with Gasteiger partial charge in [-0.25, -0.2) is 10.4 Å². The first-order valence-electron chi connectivity index (χ1n) is 4.90. The monoisotopic (exact) mass is 276 g/mol. The van der Waals surface area contributed by atoms with Crippen LogP contribution in [0.15, 0.2) is 0 Å². The van der Waals surface area contributed by atoms with Crippen molar-refractivity contribution < 1.29 is 37.2 Å². The maximum Gasteiger partial charge on any atom is 0.105 e. The Balaban J connectivity index is -0.000000174. The van der Waals surface area contributed by atoms with Crippen molar-refractivity contribution in [3.05, 3.63) is 0 Å². The van der Waals surface area contributed by atoms with Crippen molar-refractivity contribution in [3.8, 4) is 0 Å². The molecular weight excluding hydrogens is 252 g/mol. The van der Waals surface area contributed by atoms with E-state index in [1.807, 2.05) is 13.8 Å². The number of rotatable bonds is 2. The summed E-state index contributed by atoms with van der Waals surface area (Å²) in [5, 5.41) is 17.5. The van der Waals surface area contributed by atoms with Gasteiger partial charge in [0.2, 0.25) is 0 Å². The quantitative estimate of drug-likeness (QED) is 0.306. The second-order valence-corrected chi connectivity index (χ2v) is 5.10. The number of hydrogen-bond donors (Lipinski definition) is 2. The van der Waals surface area contributed by atoms with Gasteiger partial charge in [0.05, 0.1) is 28.2 Å². The average molecular weight is 276 g/mol. The topological polar surface area (TPSA) is 121 Å². The third-order valence-electron chi connectivity index (χ3n) is 1.55. The lowest BCUT2D eigenvalue weighted by Crippen LogP contribution is -2.34. The predicted molar refractivity (Wildman–Crippen MR) is 59.3 cm³/mol. The lowest BCUT2D eigenvalue weighted by molar-refractivity contribution is -1.07. The molecule has 0 aromatic rings. The maximum absolute atomic E-state index is 8.76. The van der Waals surface area contributed by atoms with Gasteiger partial charge in [0.25, 0.3) is 0 Å². The third kappa shape index (κ3) is 90.6. The summed E-state index contributed by atoms with van der Waals surface area (Å²) in [5.74, 6) is 0. The van der Waals surface area contributed by atoms with E-state index in [1.165, 1.54) is 0 Å². The smallest absolute Gasteiger partial charge is 0.105 e. The minimum atomic E-state index is -5.17. The van der Waals surface area contributed by atoms with Crippen LogP contribution in [0.5, 0.6) is 0 Å². The summed E-state index contributed by atoms with van der Waals surface area (Å²) in [6.45, 7) is 5.39. The van der Waals surface area contributed by atoms with Crippen LogP contribution in [0, 0.1) is 0 Å². The largest absolute Gasteiger partial charge is 0.759 e. The van der Waals surface area contributed by atoms with Gasteiger partial charge in [-0.15, -0.1) is 0 Å². The molecule has 0 spiro atoms. The van der Waals surface area contributed by atoms with Gasteiger partial charge in [-0.3, -0.25) is 8.42 Å². The molecule has 0 saturated carbocycles. The Bertz CT molecular complexity index is 243. The lowest BCUT2D eigenvalue weighted by atomic mass is 10.7. The molecule has 0 saturated heterocycles. The normalized spacial score (nSPS) is 11.9. The molecule has 108 valence electrons. The molecule has 0 unspecified atom stereocenters. The van der Waals surface area contributed by atoms with Crippen LogP contribution in [0.3, 0.4) is 0 Å². The molecule has 17 heavy (non-hydrogen) atoms. The standard InChI is InChI=1S/2C4H12NO.H2O4S/c2*1-4-5(2,3)6;1-5(2,3)4/h2*6H,4H2,1-3H3;(H2,1,2,3,4)/q2*+1;/p-2. The molecule has 2 N–H and O–H groups in total. The van der Waals surface area contributed by atoms with E-state index in [-0.39, 0.29) is 9.29 Å². The first kappa shape index (κ1) is 21.9. The van der Waals surface area contributed by atoms with Crippen LogP contribution in [-0.2, 0) is 10.4 Å². The predicted octanol–water partition coefficient (Wildman–Crippen LogP) is -0.394. The number of nitrogens with zero attached hydrogens (tertiary/aromatic N) is 2. The summed E-state index contributed by atoms with van der Waals surface area (Å²) >= 11 is 0. The highest BCUT2D eigenvalue weighted by Crippen LogP contribution is 1.83. The van der Waals surface area contributed by atoms with Crippen LogP contribution < -0.4 is 0 Å². The molecule has 8 nitrogen and oxygen atoms in total. The summed E-state index contributed by atoms with van der Waals surface area (Å²) in [6, 6.07) is 0. The zero-order valence-electron chi connectivity index (χ0n) is 11.2. The van der Waals surface area contributed by atoms with Crippen molar-refractivity contribution in [1.82, 2.24) is 0 Å². The SMILES string of the molecule is CC[N+](C)(C)O.CC[N+](C)(C)O.O=S(=O)([O-])[O-]. The van der Waals surface area contributed by atoms with Gasteiger partial charge in [0.15, 0.2) is 0 Å². The summed E-state index contributed by atoms with van der Waals surface area (Å²) in [6.07, 6.45) is 0. The van der Waals surface area contributed by atoms with Crippen molar-refractivity contribution in [2.24, 2.45) is 0 Å². The van der Waals surface area contributed by atoms with E-state index in [9.17, 15) is 0 Å². The highest BCUT2D eigenvalue weighted by atomic mass is 32.3. The fraction of sp³-hybridized carbons (Fsp3) is 1.00. The highest BCUT2D eigenvalue weighted by Gasteiger charge is 2.02. The summed E-state index contributed by atoms with van der Waals surface area (Å²) in [5.41, 5.74) is 0. The molecule has 0 radical (unpaired) electrons. The Morgan fingerprint density at radius 1 is 0.882 bits per heavy atom. The second kappa shape index (κ2) is 8.75. The molecule has 0 aromatic heterocycles. The van der Waals surface area contributed by atoms with Gasteiger partial charge in [-0.05, 0) is 13.8 Å². The van der Waals surface area contributed by atoms with Gasteiger partial charge in [-0.2, -0.15) is 9.29 Å². The van der Waals surface area contributed by atoms with E-state index in [0.717, 1.165) is 13.1 Å². The average Bonchev–Trinajstić information content (AvgIpc) is 2.00. The molecule has 0 aliphatic carbocycles. The fourth-order valence-electron chi connectivity index (χ4n) is 0. The molecule has 0 fully saturated rings. The van der Waals surface area contributed by atoms with Crippen LogP contribution in [0.2, 0.25) is 0 Å². The Kier molecular flexibility index (Phi) is 11.3. The Hall–Kier alpha value is -0.290. The van der Waals surface area contributed by atoms with E-state index >= 15 is 0 Å². The molecule has 0 aliphatic heterocycles. The molecule has 0 rings (SSSR count). The Labute approximate surface area is 103 Å². The van der Waals surface area contributed by atoms with Gasteiger partial charge < -0.3 is 9.11 Å². The van der Waals surface area contributed by atoms with E-state index in [0.29, 0.717) is 0 Å². The summed E-state index contributed by atoms with van der Waals surface area (Å²) in [7, 11) is 1.78. The maximum atomic E-state index is 8.76. The Morgan fingerprint density at radius 3 is 0.941 bits per heavy atom. The fourth-order valence-corrected chi connectivity index (χ4v) is 0. The molecule has 0 amide bonds. The van der Waals surface area contributed by atoms with Gasteiger partial charge in [0, 0.05) is 10.4 Å². The van der Waals surface area contributed by atoms with Crippen molar-refractivity contribution in [1.29, 1.82) is 0 Å². The van der Waals surface area contributed by atoms with Crippen LogP contribution in [-0.4, -0.2) is 78.5 Å². The van der Waals surface area contributed by atoms with Crippen LogP contribution in [0.25, 0.3) is 0 Å². The molecule has 0 aromatic carbocycles. The number of hydrogen-bond acceptors (Lipinski definition) is 6. The molecule has 0 atom stereocenters. The van der Waals surface area contributed by atoms with E-state index < -0.39 is 10.4 Å². The van der Waals surface area contributed by atoms with Crippen molar-refractivity contribution in [2.75, 3.05) is 41.3 Å². The lowest BCUT2D eigenvalue weighted by Gasteiger charge is -2.15. The molecule has 0 heterocycles.